The zero-order valence-corrected chi connectivity index (χ0v) is 7.97. The van der Waals surface area contributed by atoms with E-state index >= 15 is 0 Å². The number of Topliss-reactive ketones (excluding diaryl/α,β-unsaturated/α-hetero) is 1. The zero-order valence-electron chi connectivity index (χ0n) is 7.97. The fourth-order valence-corrected chi connectivity index (χ4v) is 1.67. The van der Waals surface area contributed by atoms with E-state index in [1.165, 1.54) is 0 Å². The molecule has 1 aliphatic carbocycles. The van der Waals surface area contributed by atoms with Crippen LogP contribution in [0.2, 0.25) is 0 Å². The molecular formula is C10H18O2. The zero-order chi connectivity index (χ0) is 9.19. The lowest BCUT2D eigenvalue weighted by Gasteiger charge is -2.30. The molecule has 1 N–H and O–H groups in total. The summed E-state index contributed by atoms with van der Waals surface area (Å²) in [5.74, 6) is 0.217. The fourth-order valence-electron chi connectivity index (χ4n) is 1.67. The Morgan fingerprint density at radius 2 is 2.00 bits per heavy atom. The number of aliphatic hydroxyl groups is 1. The number of hydrogen-bond donors (Lipinski definition) is 1. The van der Waals surface area contributed by atoms with Crippen molar-refractivity contribution in [3.63, 3.8) is 0 Å². The van der Waals surface area contributed by atoms with E-state index in [-0.39, 0.29) is 5.78 Å². The van der Waals surface area contributed by atoms with Gasteiger partial charge >= 0.3 is 0 Å². The van der Waals surface area contributed by atoms with E-state index in [1.807, 2.05) is 13.8 Å². The largest absolute Gasteiger partial charge is 0.392 e. The Morgan fingerprint density at radius 1 is 1.33 bits per heavy atom. The molecule has 0 aliphatic heterocycles. The van der Waals surface area contributed by atoms with Crippen LogP contribution in [0, 0.1) is 5.41 Å². The Kier molecular flexibility index (Phi) is 2.89. The lowest BCUT2D eigenvalue weighted by molar-refractivity contribution is -0.134. The van der Waals surface area contributed by atoms with Crippen LogP contribution in [0.3, 0.4) is 0 Å². The Hall–Kier alpha value is -0.370. The Morgan fingerprint density at radius 3 is 2.67 bits per heavy atom. The Balaban J connectivity index is 2.69. The first kappa shape index (κ1) is 9.72. The number of rotatable bonds is 0. The third-order valence-corrected chi connectivity index (χ3v) is 2.93. The van der Waals surface area contributed by atoms with Crippen molar-refractivity contribution in [3.8, 4) is 0 Å². The van der Waals surface area contributed by atoms with Gasteiger partial charge in [0.05, 0.1) is 6.10 Å². The molecular weight excluding hydrogens is 152 g/mol. The average Bonchev–Trinajstić information content (AvgIpc) is 2.01. The lowest BCUT2D eigenvalue weighted by atomic mass is 9.76. The van der Waals surface area contributed by atoms with Crippen LogP contribution in [0.1, 0.15) is 46.0 Å². The maximum atomic E-state index is 11.5. The predicted octanol–water partition coefficient (Wildman–Crippen LogP) is 1.91. The highest BCUT2D eigenvalue weighted by atomic mass is 16.3. The normalized spacial score (nSPS) is 30.9. The quantitative estimate of drug-likeness (QED) is 0.603. The molecule has 2 nitrogen and oxygen atoms in total. The van der Waals surface area contributed by atoms with Crippen LogP contribution in [0.25, 0.3) is 0 Å². The third-order valence-electron chi connectivity index (χ3n) is 2.93. The second-order valence-corrected chi connectivity index (χ2v) is 4.26. The fraction of sp³-hybridized carbons (Fsp3) is 0.900. The van der Waals surface area contributed by atoms with Crippen molar-refractivity contribution in [1.82, 2.24) is 0 Å². The molecule has 12 heavy (non-hydrogen) atoms. The van der Waals surface area contributed by atoms with E-state index in [9.17, 15) is 9.90 Å². The van der Waals surface area contributed by atoms with Crippen LogP contribution in [-0.4, -0.2) is 17.0 Å². The first-order valence-electron chi connectivity index (χ1n) is 4.76. The van der Waals surface area contributed by atoms with Gasteiger partial charge in [-0.1, -0.05) is 26.7 Å². The SMILES string of the molecule is CC1(C)C(=O)CCCCC[C@H]1O. The minimum Gasteiger partial charge on any atom is -0.392 e. The molecule has 0 radical (unpaired) electrons. The summed E-state index contributed by atoms with van der Waals surface area (Å²) in [4.78, 5) is 11.5. The van der Waals surface area contributed by atoms with Gasteiger partial charge in [-0.2, -0.15) is 0 Å². The molecule has 0 spiro atoms. The van der Waals surface area contributed by atoms with E-state index < -0.39 is 11.5 Å². The summed E-state index contributed by atoms with van der Waals surface area (Å²) >= 11 is 0. The number of aliphatic hydroxyl groups excluding tert-OH is 1. The van der Waals surface area contributed by atoms with Crippen LogP contribution < -0.4 is 0 Å². The van der Waals surface area contributed by atoms with Gasteiger partial charge in [0.15, 0.2) is 0 Å². The molecule has 0 aromatic heterocycles. The summed E-state index contributed by atoms with van der Waals surface area (Å²) < 4.78 is 0. The van der Waals surface area contributed by atoms with Crippen molar-refractivity contribution in [2.24, 2.45) is 5.41 Å². The first-order chi connectivity index (χ1) is 5.55. The van der Waals surface area contributed by atoms with Gasteiger partial charge in [-0.05, 0) is 12.8 Å². The summed E-state index contributed by atoms with van der Waals surface area (Å²) in [6.45, 7) is 3.70. The van der Waals surface area contributed by atoms with E-state index in [0.29, 0.717) is 6.42 Å². The summed E-state index contributed by atoms with van der Waals surface area (Å²) in [7, 11) is 0. The summed E-state index contributed by atoms with van der Waals surface area (Å²) in [6, 6.07) is 0. The molecule has 0 amide bonds. The van der Waals surface area contributed by atoms with Gasteiger partial charge in [0, 0.05) is 11.8 Å². The summed E-state index contributed by atoms with van der Waals surface area (Å²) in [5.41, 5.74) is -0.513. The third kappa shape index (κ3) is 1.86. The molecule has 2 heteroatoms. The van der Waals surface area contributed by atoms with Crippen molar-refractivity contribution in [1.29, 1.82) is 0 Å². The van der Waals surface area contributed by atoms with Gasteiger partial charge in [0.25, 0.3) is 0 Å². The standard InChI is InChI=1S/C10H18O2/c1-10(2)8(11)6-4-3-5-7-9(10)12/h8,11H,3-7H2,1-2H3/t8-/m1/s1. The van der Waals surface area contributed by atoms with Gasteiger partial charge in [-0.25, -0.2) is 0 Å². The van der Waals surface area contributed by atoms with Gasteiger partial charge in [0.1, 0.15) is 5.78 Å². The van der Waals surface area contributed by atoms with Crippen LogP contribution in [0.5, 0.6) is 0 Å². The van der Waals surface area contributed by atoms with Crippen LogP contribution in [0.15, 0.2) is 0 Å². The summed E-state index contributed by atoms with van der Waals surface area (Å²) in [6.07, 6.45) is 4.11. The topological polar surface area (TPSA) is 37.3 Å². The van der Waals surface area contributed by atoms with E-state index in [1.54, 1.807) is 0 Å². The van der Waals surface area contributed by atoms with E-state index in [2.05, 4.69) is 0 Å². The lowest BCUT2D eigenvalue weighted by Crippen LogP contribution is -2.38. The molecule has 0 aromatic rings. The molecule has 0 heterocycles. The van der Waals surface area contributed by atoms with Crippen molar-refractivity contribution in [2.45, 2.75) is 52.1 Å². The average molecular weight is 170 g/mol. The number of carbonyl (C=O) groups is 1. The Labute approximate surface area is 74.0 Å². The van der Waals surface area contributed by atoms with Crippen LogP contribution in [0.4, 0.5) is 0 Å². The second-order valence-electron chi connectivity index (χ2n) is 4.26. The molecule has 0 bridgehead atoms. The predicted molar refractivity (Wildman–Crippen MR) is 47.9 cm³/mol. The van der Waals surface area contributed by atoms with Gasteiger partial charge in [-0.3, -0.25) is 4.79 Å². The molecule has 0 saturated heterocycles. The highest BCUT2D eigenvalue weighted by molar-refractivity contribution is 5.84. The number of hydrogen-bond acceptors (Lipinski definition) is 2. The van der Waals surface area contributed by atoms with Gasteiger partial charge < -0.3 is 5.11 Å². The molecule has 1 atom stereocenters. The van der Waals surface area contributed by atoms with Crippen LogP contribution >= 0.6 is 0 Å². The van der Waals surface area contributed by atoms with E-state index in [4.69, 9.17) is 0 Å². The van der Waals surface area contributed by atoms with Crippen molar-refractivity contribution in [3.05, 3.63) is 0 Å². The minimum atomic E-state index is -0.513. The highest BCUT2D eigenvalue weighted by Crippen LogP contribution is 2.30. The minimum absolute atomic E-state index is 0.217. The smallest absolute Gasteiger partial charge is 0.141 e. The molecule has 0 aromatic carbocycles. The molecule has 0 unspecified atom stereocenters. The monoisotopic (exact) mass is 170 g/mol. The summed E-state index contributed by atoms with van der Waals surface area (Å²) in [5, 5.41) is 9.69. The van der Waals surface area contributed by atoms with E-state index in [0.717, 1.165) is 25.7 Å². The molecule has 1 saturated carbocycles. The molecule has 70 valence electrons. The van der Waals surface area contributed by atoms with Crippen molar-refractivity contribution in [2.75, 3.05) is 0 Å². The molecule has 1 aliphatic rings. The second kappa shape index (κ2) is 3.56. The molecule has 1 rings (SSSR count). The van der Waals surface area contributed by atoms with Crippen molar-refractivity contribution < 1.29 is 9.90 Å². The maximum absolute atomic E-state index is 11.5. The van der Waals surface area contributed by atoms with Gasteiger partial charge in [0.2, 0.25) is 0 Å². The molecule has 1 fully saturated rings. The number of carbonyl (C=O) groups excluding carboxylic acids is 1. The number of ketones is 1. The highest BCUT2D eigenvalue weighted by Gasteiger charge is 2.35. The van der Waals surface area contributed by atoms with Crippen LogP contribution in [-0.2, 0) is 4.79 Å². The first-order valence-corrected chi connectivity index (χ1v) is 4.76. The Bertz CT molecular complexity index is 173. The van der Waals surface area contributed by atoms with Crippen molar-refractivity contribution >= 4 is 5.78 Å². The maximum Gasteiger partial charge on any atom is 0.141 e. The van der Waals surface area contributed by atoms with Gasteiger partial charge in [-0.15, -0.1) is 0 Å².